The maximum atomic E-state index is 7.44. The van der Waals surface area contributed by atoms with Crippen molar-refractivity contribution in [2.75, 3.05) is 55.0 Å². The molecule has 0 bridgehead atoms. The molecule has 79 heavy (non-hydrogen) atoms. The van der Waals surface area contributed by atoms with Crippen LogP contribution in [0.25, 0.3) is 0 Å². The zero-order valence-electron chi connectivity index (χ0n) is 45.3. The molecule has 0 amide bonds. The molecular formula is C65H52B3N5OS5. The third kappa shape index (κ3) is 5.97. The van der Waals surface area contributed by atoms with Crippen molar-refractivity contribution in [3.05, 3.63) is 168 Å². The first kappa shape index (κ1) is 47.5. The van der Waals surface area contributed by atoms with E-state index in [1.54, 1.807) is 35.7 Å². The van der Waals surface area contributed by atoms with Gasteiger partial charge in [-0.25, -0.2) is 0 Å². The number of anilines is 12. The Morgan fingerprint density at radius 3 is 1.46 bits per heavy atom. The molecule has 14 heteroatoms. The first-order chi connectivity index (χ1) is 38.5. The van der Waals surface area contributed by atoms with Gasteiger partial charge in [0.15, 0.2) is 0 Å². The van der Waals surface area contributed by atoms with Gasteiger partial charge in [0.1, 0.15) is 11.5 Å². The lowest BCUT2D eigenvalue weighted by Crippen LogP contribution is -2.66. The van der Waals surface area contributed by atoms with Crippen LogP contribution in [0.15, 0.2) is 160 Å². The van der Waals surface area contributed by atoms with Crippen molar-refractivity contribution < 1.29 is 4.74 Å². The molecule has 0 atom stereocenters. The summed E-state index contributed by atoms with van der Waals surface area (Å²) in [7, 11) is 0. The monoisotopic (exact) mass is 1110 g/mol. The molecule has 8 aliphatic rings. The van der Waals surface area contributed by atoms with E-state index in [1.165, 1.54) is 149 Å². The van der Waals surface area contributed by atoms with Crippen molar-refractivity contribution >= 4 is 197 Å². The molecule has 8 aliphatic heterocycles. The van der Waals surface area contributed by atoms with Crippen molar-refractivity contribution in [2.24, 2.45) is 0 Å². The van der Waals surface area contributed by atoms with Gasteiger partial charge in [0.25, 0.3) is 20.1 Å². The summed E-state index contributed by atoms with van der Waals surface area (Å²) in [5, 5.41) is 4.14. The summed E-state index contributed by atoms with van der Waals surface area (Å²) >= 11 is 8.98. The molecule has 0 saturated heterocycles. The summed E-state index contributed by atoms with van der Waals surface area (Å²) in [4.78, 5) is 8.90. The van der Waals surface area contributed by atoms with Gasteiger partial charge < -0.3 is 19.9 Å². The van der Waals surface area contributed by atoms with Gasteiger partial charge in [0.2, 0.25) is 0 Å². The summed E-state index contributed by atoms with van der Waals surface area (Å²) in [6.45, 7) is 9.53. The molecule has 0 radical (unpaired) electrons. The highest BCUT2D eigenvalue weighted by molar-refractivity contribution is 8.00. The van der Waals surface area contributed by atoms with E-state index in [0.29, 0.717) is 0 Å². The molecular weight excluding hydrogens is 1060 g/mol. The van der Waals surface area contributed by atoms with Crippen LogP contribution in [-0.2, 0) is 10.8 Å². The molecule has 0 unspecified atom stereocenters. The molecule has 1 N–H and O–H groups in total. The second kappa shape index (κ2) is 16.4. The van der Waals surface area contributed by atoms with E-state index in [2.05, 4.69) is 228 Å². The number of thioether (sulfide) groups is 3. The number of benzene rings is 9. The lowest BCUT2D eigenvalue weighted by Gasteiger charge is -2.49. The van der Waals surface area contributed by atoms with Gasteiger partial charge in [-0.2, -0.15) is 0 Å². The fraction of sp³-hybridized carbons (Fsp3) is 0.169. The van der Waals surface area contributed by atoms with E-state index in [1.807, 2.05) is 23.5 Å². The van der Waals surface area contributed by atoms with Gasteiger partial charge in [0, 0.05) is 83.9 Å². The van der Waals surface area contributed by atoms with E-state index in [9.17, 15) is 0 Å². The number of hydrogen-bond donors (Lipinski definition) is 1. The first-order valence-electron chi connectivity index (χ1n) is 27.2. The van der Waals surface area contributed by atoms with Crippen LogP contribution in [0.1, 0.15) is 49.9 Å². The molecule has 17 rings (SSSR count). The predicted octanol–water partition coefficient (Wildman–Crippen LogP) is 11.9. The van der Waals surface area contributed by atoms with Crippen LogP contribution in [0.4, 0.5) is 68.2 Å². The molecule has 0 aliphatic carbocycles. The lowest BCUT2D eigenvalue weighted by molar-refractivity contribution is 0.486. The zero-order valence-corrected chi connectivity index (χ0v) is 49.4. The highest BCUT2D eigenvalue weighted by atomic mass is 32.2. The molecule has 0 saturated carbocycles. The largest absolute Gasteiger partial charge is 0.458 e. The fourth-order valence-corrected chi connectivity index (χ4v) is 18.3. The van der Waals surface area contributed by atoms with Crippen LogP contribution in [0.5, 0.6) is 11.5 Å². The summed E-state index contributed by atoms with van der Waals surface area (Å²) in [6.07, 6.45) is 11.1. The molecule has 9 aromatic carbocycles. The highest BCUT2D eigenvalue weighted by Gasteiger charge is 2.52. The second-order valence-electron chi connectivity index (χ2n) is 23.1. The number of nitrogens with zero attached hydrogens (tertiary/aromatic N) is 4. The Morgan fingerprint density at radius 2 is 0.861 bits per heavy atom. The number of fused-ring (bicyclic) bond motifs is 16. The first-order valence-corrected chi connectivity index (χ1v) is 33.2. The summed E-state index contributed by atoms with van der Waals surface area (Å²) in [5.41, 5.74) is 31.8. The van der Waals surface area contributed by atoms with Gasteiger partial charge in [-0.3, -0.25) is 8.61 Å². The second-order valence-corrected chi connectivity index (χ2v) is 27.2. The number of hydrogen-bond acceptors (Lipinski definition) is 11. The van der Waals surface area contributed by atoms with Gasteiger partial charge >= 0.3 is 0 Å². The summed E-state index contributed by atoms with van der Waals surface area (Å²) < 4.78 is 12.4. The third-order valence-corrected chi connectivity index (χ3v) is 22.5. The van der Waals surface area contributed by atoms with E-state index in [0.717, 1.165) is 17.2 Å². The van der Waals surface area contributed by atoms with Crippen molar-refractivity contribution in [2.45, 2.75) is 53.2 Å². The topological polar surface area (TPSA) is 34.2 Å². The Morgan fingerprint density at radius 1 is 0.380 bits per heavy atom. The summed E-state index contributed by atoms with van der Waals surface area (Å²) in [5.74, 6) is 1.86. The van der Waals surface area contributed by atoms with Crippen LogP contribution >= 0.6 is 59.2 Å². The minimum absolute atomic E-state index is 0.0000784. The van der Waals surface area contributed by atoms with Crippen LogP contribution in [0, 0.1) is 0 Å². The quantitative estimate of drug-likeness (QED) is 0.102. The number of para-hydroxylation sites is 4. The number of rotatable bonds is 5. The van der Waals surface area contributed by atoms with E-state index >= 15 is 0 Å². The van der Waals surface area contributed by atoms with Crippen molar-refractivity contribution in [1.29, 1.82) is 0 Å². The Kier molecular flexibility index (Phi) is 9.89. The van der Waals surface area contributed by atoms with Gasteiger partial charge in [-0.15, -0.1) is 35.3 Å². The highest BCUT2D eigenvalue weighted by Crippen LogP contribution is 2.56. The van der Waals surface area contributed by atoms with E-state index < -0.39 is 0 Å². The minimum Gasteiger partial charge on any atom is -0.458 e. The van der Waals surface area contributed by atoms with Gasteiger partial charge in [-0.1, -0.05) is 113 Å². The maximum absolute atomic E-state index is 7.44. The predicted molar refractivity (Wildman–Crippen MR) is 350 cm³/mol. The minimum atomic E-state index is -0.198. The van der Waals surface area contributed by atoms with E-state index in [4.69, 9.17) is 4.74 Å². The van der Waals surface area contributed by atoms with Crippen LogP contribution in [0.2, 0.25) is 0 Å². The standard InChI is InChI=1S/C65H52B3N5OS5/c1-64(2)37-16-10-12-22-49(37)70-53-25-34(75-5)24-48-59(53)66(41-20-14-18-39(64)62(41)70)43-30-44-51(32-47(43)69-48)72(78-8)56-28-36(77-7)29-58-61(56)68(44)46-31-45-52(33-57(46)74-58)73(79-9)55-27-35(76-6)26-54-60(55)67(45)42-21-15-19-40-63(42)71(54)50-23-13-11-17-38(50)65(40,3)4/h10-33,69H,1-9H3. The SMILES string of the molecule is CSc1cc2c3c(c1)N(SC)c1cc4c(cc1B3c1cc3c(cc1O2)N(SC)c1cc(SC)cc2c1B3c1cccc3c1N2c1ccccc1C3(C)C)B1c2cccc3c2N(c2ccccc2C3(C)C)c2cc(SC)cc(c21)N4. The average Bonchev–Trinajstić information content (AvgIpc) is 2.05. The molecule has 382 valence electrons. The molecule has 0 fully saturated rings. The molecule has 6 nitrogen and oxygen atoms in total. The summed E-state index contributed by atoms with van der Waals surface area (Å²) in [6, 6.07) is 57.0. The van der Waals surface area contributed by atoms with Crippen LogP contribution in [0.3, 0.4) is 0 Å². The molecule has 9 aromatic rings. The Bertz CT molecular complexity index is 4300. The van der Waals surface area contributed by atoms with Crippen molar-refractivity contribution in [3.8, 4) is 11.5 Å². The van der Waals surface area contributed by atoms with Gasteiger partial charge in [-0.05, 0) is 169 Å². The average molecular weight is 1110 g/mol. The third-order valence-electron chi connectivity index (χ3n) is 18.9. The van der Waals surface area contributed by atoms with Crippen molar-refractivity contribution in [3.63, 3.8) is 0 Å². The normalized spacial score (nSPS) is 16.4. The van der Waals surface area contributed by atoms with Gasteiger partial charge in [0.05, 0.1) is 28.4 Å². The smallest absolute Gasteiger partial charge is 0.256 e. The molecule has 0 aromatic heterocycles. The Hall–Kier alpha value is -6.28. The zero-order chi connectivity index (χ0) is 53.3. The lowest BCUT2D eigenvalue weighted by atomic mass is 9.29. The molecule has 0 spiro atoms. The Balaban J connectivity index is 0.925. The van der Waals surface area contributed by atoms with E-state index in [-0.39, 0.29) is 31.0 Å². The Labute approximate surface area is 485 Å². The fourth-order valence-electron chi connectivity index (χ4n) is 15.5. The van der Waals surface area contributed by atoms with Crippen LogP contribution < -0.4 is 77.6 Å². The number of nitrogens with one attached hydrogen (secondary N) is 1. The maximum Gasteiger partial charge on any atom is 0.256 e. The van der Waals surface area contributed by atoms with Crippen LogP contribution in [-0.4, -0.2) is 51.4 Å². The molecule has 8 heterocycles. The number of ether oxygens (including phenoxy) is 1. The van der Waals surface area contributed by atoms with Crippen molar-refractivity contribution in [1.82, 2.24) is 0 Å².